The molecular formula is C20H35N3O2. The van der Waals surface area contributed by atoms with Gasteiger partial charge < -0.3 is 15.5 Å². The fraction of sp³-hybridized carbons (Fsp3) is 0.900. The van der Waals surface area contributed by atoms with Gasteiger partial charge in [0.15, 0.2) is 0 Å². The van der Waals surface area contributed by atoms with Crippen molar-refractivity contribution in [2.45, 2.75) is 76.7 Å². The molecule has 3 aliphatic rings. The van der Waals surface area contributed by atoms with Crippen LogP contribution in [0.25, 0.3) is 0 Å². The van der Waals surface area contributed by atoms with Crippen LogP contribution in [0.3, 0.4) is 0 Å². The van der Waals surface area contributed by atoms with Crippen LogP contribution in [-0.2, 0) is 9.59 Å². The number of rotatable bonds is 3. The molecule has 142 valence electrons. The molecule has 2 N–H and O–H groups in total. The van der Waals surface area contributed by atoms with Crippen molar-refractivity contribution in [2.75, 3.05) is 26.2 Å². The number of hydrogen-bond donors (Lipinski definition) is 1. The molecule has 0 aromatic rings. The van der Waals surface area contributed by atoms with E-state index in [1.165, 1.54) is 12.8 Å². The Hall–Kier alpha value is -1.10. The van der Waals surface area contributed by atoms with E-state index < -0.39 is 0 Å². The van der Waals surface area contributed by atoms with E-state index in [2.05, 4.69) is 0 Å². The molecule has 3 rings (SSSR count). The van der Waals surface area contributed by atoms with Crippen molar-refractivity contribution >= 4 is 11.8 Å². The van der Waals surface area contributed by atoms with Gasteiger partial charge in [-0.1, -0.05) is 25.7 Å². The Morgan fingerprint density at radius 3 is 2.08 bits per heavy atom. The third-order valence-electron chi connectivity index (χ3n) is 6.48. The normalized spacial score (nSPS) is 29.3. The van der Waals surface area contributed by atoms with Gasteiger partial charge in [-0.05, 0) is 44.4 Å². The molecule has 25 heavy (non-hydrogen) atoms. The lowest BCUT2D eigenvalue weighted by Gasteiger charge is -2.36. The summed E-state index contributed by atoms with van der Waals surface area (Å²) in [6.45, 7) is 3.49. The topological polar surface area (TPSA) is 66.6 Å². The maximum absolute atomic E-state index is 12.9. The Bertz CT molecular complexity index is 454. The van der Waals surface area contributed by atoms with Gasteiger partial charge in [-0.2, -0.15) is 0 Å². The first kappa shape index (κ1) is 18.7. The first-order valence-electron chi connectivity index (χ1n) is 10.5. The van der Waals surface area contributed by atoms with E-state index in [4.69, 9.17) is 5.73 Å². The standard InChI is InChI=1S/C20H35N3O2/c21-18-8-4-2-1-3-7-17(18)20(25)23-13-9-16(10-14-23)15-19(24)22-11-5-6-12-22/h16-18H,1-15,21H2/t17-,18+/m1/s1. The molecule has 0 unspecified atom stereocenters. The van der Waals surface area contributed by atoms with E-state index in [-0.39, 0.29) is 17.9 Å². The monoisotopic (exact) mass is 349 g/mol. The molecule has 1 saturated carbocycles. The van der Waals surface area contributed by atoms with Crippen molar-refractivity contribution < 1.29 is 9.59 Å². The minimum absolute atomic E-state index is 0.0167. The molecule has 2 amide bonds. The van der Waals surface area contributed by atoms with Crippen LogP contribution in [0.5, 0.6) is 0 Å². The van der Waals surface area contributed by atoms with E-state index in [0.29, 0.717) is 18.2 Å². The van der Waals surface area contributed by atoms with Crippen LogP contribution in [0.2, 0.25) is 0 Å². The Labute approximate surface area is 152 Å². The largest absolute Gasteiger partial charge is 0.343 e. The summed E-state index contributed by atoms with van der Waals surface area (Å²) in [7, 11) is 0. The van der Waals surface area contributed by atoms with E-state index in [0.717, 1.165) is 77.5 Å². The van der Waals surface area contributed by atoms with Gasteiger partial charge in [-0.25, -0.2) is 0 Å². The number of piperidine rings is 1. The number of hydrogen-bond acceptors (Lipinski definition) is 3. The van der Waals surface area contributed by atoms with Crippen molar-refractivity contribution in [3.8, 4) is 0 Å². The molecule has 0 bridgehead atoms. The lowest BCUT2D eigenvalue weighted by Crippen LogP contribution is -2.47. The second-order valence-corrected chi connectivity index (χ2v) is 8.32. The smallest absolute Gasteiger partial charge is 0.227 e. The number of likely N-dealkylation sites (tertiary alicyclic amines) is 2. The summed E-state index contributed by atoms with van der Waals surface area (Å²) in [6, 6.07) is 0.0299. The van der Waals surface area contributed by atoms with Crippen LogP contribution in [-0.4, -0.2) is 53.8 Å². The van der Waals surface area contributed by atoms with E-state index in [9.17, 15) is 9.59 Å². The number of nitrogens with two attached hydrogens (primary N) is 1. The van der Waals surface area contributed by atoms with Crippen molar-refractivity contribution in [1.82, 2.24) is 9.80 Å². The third-order valence-corrected chi connectivity index (χ3v) is 6.48. The zero-order valence-electron chi connectivity index (χ0n) is 15.6. The molecule has 2 atom stereocenters. The van der Waals surface area contributed by atoms with Gasteiger partial charge in [0.05, 0.1) is 5.92 Å². The summed E-state index contributed by atoms with van der Waals surface area (Å²) < 4.78 is 0. The molecule has 1 aliphatic carbocycles. The summed E-state index contributed by atoms with van der Waals surface area (Å²) in [5.41, 5.74) is 6.32. The highest BCUT2D eigenvalue weighted by Gasteiger charge is 2.33. The second kappa shape index (κ2) is 9.02. The van der Waals surface area contributed by atoms with Crippen LogP contribution >= 0.6 is 0 Å². The van der Waals surface area contributed by atoms with Gasteiger partial charge in [0.2, 0.25) is 11.8 Å². The van der Waals surface area contributed by atoms with Crippen LogP contribution in [0.4, 0.5) is 0 Å². The highest BCUT2D eigenvalue weighted by molar-refractivity contribution is 5.80. The molecule has 2 aliphatic heterocycles. The Morgan fingerprint density at radius 1 is 0.760 bits per heavy atom. The number of nitrogens with zero attached hydrogens (tertiary/aromatic N) is 2. The Kier molecular flexibility index (Phi) is 6.74. The molecule has 0 aromatic heterocycles. The van der Waals surface area contributed by atoms with Crippen LogP contribution in [0, 0.1) is 11.8 Å². The minimum atomic E-state index is 0.0167. The Balaban J connectivity index is 1.45. The first-order chi connectivity index (χ1) is 12.1. The molecule has 0 aromatic carbocycles. The SMILES string of the molecule is N[C@H]1CCCCCC[C@H]1C(=O)N1CCC(CC(=O)N2CCCC2)CC1. The average molecular weight is 350 g/mol. The molecule has 2 saturated heterocycles. The molecule has 5 heteroatoms. The van der Waals surface area contributed by atoms with Crippen molar-refractivity contribution in [2.24, 2.45) is 17.6 Å². The third kappa shape index (κ3) is 4.96. The van der Waals surface area contributed by atoms with Gasteiger partial charge >= 0.3 is 0 Å². The van der Waals surface area contributed by atoms with Gasteiger partial charge in [0, 0.05) is 38.6 Å². The molecule has 0 spiro atoms. The second-order valence-electron chi connectivity index (χ2n) is 8.32. The lowest BCUT2D eigenvalue weighted by molar-refractivity contribution is -0.138. The summed E-state index contributed by atoms with van der Waals surface area (Å²) in [6.07, 6.45) is 11.6. The van der Waals surface area contributed by atoms with Gasteiger partial charge in [-0.15, -0.1) is 0 Å². The van der Waals surface area contributed by atoms with Gasteiger partial charge in [-0.3, -0.25) is 9.59 Å². The Morgan fingerprint density at radius 2 is 1.40 bits per heavy atom. The maximum atomic E-state index is 12.9. The summed E-state index contributed by atoms with van der Waals surface area (Å²) in [5.74, 6) is 1.06. The van der Waals surface area contributed by atoms with E-state index in [1.807, 2.05) is 9.80 Å². The quantitative estimate of drug-likeness (QED) is 0.851. The van der Waals surface area contributed by atoms with E-state index >= 15 is 0 Å². The average Bonchev–Trinajstić information content (AvgIpc) is 3.13. The highest BCUT2D eigenvalue weighted by atomic mass is 16.2. The molecule has 0 radical (unpaired) electrons. The summed E-state index contributed by atoms with van der Waals surface area (Å²) >= 11 is 0. The summed E-state index contributed by atoms with van der Waals surface area (Å²) in [5, 5.41) is 0. The fourth-order valence-corrected chi connectivity index (χ4v) is 4.75. The van der Waals surface area contributed by atoms with Crippen LogP contribution in [0.15, 0.2) is 0 Å². The van der Waals surface area contributed by atoms with Crippen LogP contribution < -0.4 is 5.73 Å². The first-order valence-corrected chi connectivity index (χ1v) is 10.5. The zero-order valence-corrected chi connectivity index (χ0v) is 15.6. The number of carbonyl (C=O) groups excluding carboxylic acids is 2. The lowest BCUT2D eigenvalue weighted by atomic mass is 9.85. The predicted octanol–water partition coefficient (Wildman–Crippen LogP) is 2.54. The van der Waals surface area contributed by atoms with Gasteiger partial charge in [0.25, 0.3) is 0 Å². The summed E-state index contributed by atoms with van der Waals surface area (Å²) in [4.78, 5) is 29.3. The maximum Gasteiger partial charge on any atom is 0.227 e. The molecule has 3 fully saturated rings. The fourth-order valence-electron chi connectivity index (χ4n) is 4.75. The zero-order chi connectivity index (χ0) is 17.6. The molecular weight excluding hydrogens is 314 g/mol. The van der Waals surface area contributed by atoms with Crippen molar-refractivity contribution in [1.29, 1.82) is 0 Å². The minimum Gasteiger partial charge on any atom is -0.343 e. The molecule has 2 heterocycles. The van der Waals surface area contributed by atoms with Gasteiger partial charge in [0.1, 0.15) is 0 Å². The predicted molar refractivity (Wildman–Crippen MR) is 98.9 cm³/mol. The van der Waals surface area contributed by atoms with Crippen molar-refractivity contribution in [3.63, 3.8) is 0 Å². The van der Waals surface area contributed by atoms with E-state index in [1.54, 1.807) is 0 Å². The molecule has 5 nitrogen and oxygen atoms in total. The van der Waals surface area contributed by atoms with Crippen molar-refractivity contribution in [3.05, 3.63) is 0 Å². The number of amides is 2. The van der Waals surface area contributed by atoms with Crippen LogP contribution in [0.1, 0.15) is 70.6 Å². The highest BCUT2D eigenvalue weighted by Crippen LogP contribution is 2.27. The number of carbonyl (C=O) groups is 2.